The smallest absolute Gasteiger partial charge is 0.140 e. The van der Waals surface area contributed by atoms with Crippen molar-refractivity contribution in [1.82, 2.24) is 0 Å². The minimum Gasteiger partial charge on any atom is -0.455 e. The summed E-state index contributed by atoms with van der Waals surface area (Å²) in [5.41, 5.74) is 0. The fourth-order valence-corrected chi connectivity index (χ4v) is 6.10. The van der Waals surface area contributed by atoms with Crippen molar-refractivity contribution in [2.24, 2.45) is 0 Å². The molecule has 0 spiro atoms. The summed E-state index contributed by atoms with van der Waals surface area (Å²) in [5, 5.41) is 0. The summed E-state index contributed by atoms with van der Waals surface area (Å²) < 4.78 is 6.12. The molecule has 0 aromatic heterocycles. The van der Waals surface area contributed by atoms with Crippen LogP contribution in [0.25, 0.3) is 0 Å². The van der Waals surface area contributed by atoms with E-state index in [0.29, 0.717) is 0 Å². The van der Waals surface area contributed by atoms with Crippen LogP contribution in [0, 0.1) is 0 Å². The number of benzene rings is 3. The SMILES string of the molecule is CS1(c2ccccc2)c2ccccc2Oc2ccccc21. The molecule has 1 nitrogen and oxygen atoms in total. The molecule has 0 N–H and O–H groups in total. The average molecular weight is 292 g/mol. The van der Waals surface area contributed by atoms with Crippen LogP contribution in [0.1, 0.15) is 0 Å². The first kappa shape index (κ1) is 12.5. The Bertz CT molecular complexity index is 750. The number of para-hydroxylation sites is 2. The molecule has 0 atom stereocenters. The molecule has 104 valence electrons. The van der Waals surface area contributed by atoms with E-state index in [9.17, 15) is 0 Å². The molecule has 0 amide bonds. The van der Waals surface area contributed by atoms with Crippen LogP contribution in [0.15, 0.2) is 93.5 Å². The molecule has 1 heterocycles. The van der Waals surface area contributed by atoms with E-state index in [0.717, 1.165) is 11.5 Å². The van der Waals surface area contributed by atoms with Crippen LogP contribution in [0.3, 0.4) is 0 Å². The molecule has 0 saturated carbocycles. The van der Waals surface area contributed by atoms with Crippen LogP contribution in [-0.2, 0) is 0 Å². The maximum absolute atomic E-state index is 6.12. The zero-order valence-electron chi connectivity index (χ0n) is 11.8. The fraction of sp³-hybridized carbons (Fsp3) is 0.0526. The summed E-state index contributed by atoms with van der Waals surface area (Å²) in [7, 11) is -1.26. The van der Waals surface area contributed by atoms with Gasteiger partial charge in [-0.3, -0.25) is 0 Å². The number of fused-ring (bicyclic) bond motifs is 2. The number of hydrogen-bond donors (Lipinski definition) is 0. The Labute approximate surface area is 126 Å². The third-order valence-corrected chi connectivity index (χ3v) is 7.66. The molecule has 21 heavy (non-hydrogen) atoms. The quantitative estimate of drug-likeness (QED) is 0.558. The van der Waals surface area contributed by atoms with Gasteiger partial charge in [0.1, 0.15) is 11.5 Å². The van der Waals surface area contributed by atoms with Crippen molar-refractivity contribution in [1.29, 1.82) is 0 Å². The molecule has 0 saturated heterocycles. The molecule has 0 bridgehead atoms. The highest BCUT2D eigenvalue weighted by Crippen LogP contribution is 2.72. The summed E-state index contributed by atoms with van der Waals surface area (Å²) in [4.78, 5) is 3.97. The normalized spacial score (nSPS) is 16.2. The van der Waals surface area contributed by atoms with Crippen LogP contribution in [-0.4, -0.2) is 6.26 Å². The largest absolute Gasteiger partial charge is 0.455 e. The minimum absolute atomic E-state index is 0.984. The van der Waals surface area contributed by atoms with Gasteiger partial charge in [-0.2, -0.15) is 10.0 Å². The van der Waals surface area contributed by atoms with E-state index in [1.165, 1.54) is 14.7 Å². The van der Waals surface area contributed by atoms with E-state index in [1.807, 2.05) is 12.1 Å². The molecule has 3 aromatic rings. The zero-order chi connectivity index (χ0) is 14.3. The Balaban J connectivity index is 2.06. The first-order valence-electron chi connectivity index (χ1n) is 6.99. The highest BCUT2D eigenvalue weighted by molar-refractivity contribution is 8.33. The van der Waals surface area contributed by atoms with E-state index < -0.39 is 10.0 Å². The lowest BCUT2D eigenvalue weighted by atomic mass is 10.3. The lowest BCUT2D eigenvalue weighted by molar-refractivity contribution is 0.452. The van der Waals surface area contributed by atoms with Gasteiger partial charge in [-0.15, -0.1) is 0 Å². The Kier molecular flexibility index (Phi) is 2.79. The highest BCUT2D eigenvalue weighted by atomic mass is 32.3. The third-order valence-electron chi connectivity index (χ3n) is 4.01. The highest BCUT2D eigenvalue weighted by Gasteiger charge is 2.34. The van der Waals surface area contributed by atoms with E-state index in [1.54, 1.807) is 0 Å². The van der Waals surface area contributed by atoms with Gasteiger partial charge in [0.2, 0.25) is 0 Å². The first-order chi connectivity index (χ1) is 10.3. The summed E-state index contributed by atoms with van der Waals surface area (Å²) in [6.45, 7) is 0. The van der Waals surface area contributed by atoms with Gasteiger partial charge in [0.05, 0.1) is 0 Å². The molecule has 3 aromatic carbocycles. The molecule has 0 fully saturated rings. The van der Waals surface area contributed by atoms with Crippen molar-refractivity contribution in [3.63, 3.8) is 0 Å². The topological polar surface area (TPSA) is 9.23 Å². The zero-order valence-corrected chi connectivity index (χ0v) is 12.6. The van der Waals surface area contributed by atoms with E-state index in [-0.39, 0.29) is 0 Å². The fourth-order valence-electron chi connectivity index (χ4n) is 2.93. The summed E-state index contributed by atoms with van der Waals surface area (Å²) in [6, 6.07) is 27.6. The molecule has 1 aliphatic rings. The molecular weight excluding hydrogens is 276 g/mol. The second-order valence-electron chi connectivity index (χ2n) is 5.23. The Morgan fingerprint density at radius 1 is 0.619 bits per heavy atom. The lowest BCUT2D eigenvalue weighted by Crippen LogP contribution is -2.09. The monoisotopic (exact) mass is 292 g/mol. The molecule has 1 aliphatic heterocycles. The second kappa shape index (κ2) is 4.68. The van der Waals surface area contributed by atoms with Crippen LogP contribution in [0.2, 0.25) is 0 Å². The molecule has 0 aliphatic carbocycles. The van der Waals surface area contributed by atoms with Gasteiger partial charge in [0.15, 0.2) is 0 Å². The summed E-state index contributed by atoms with van der Waals surface area (Å²) in [5.74, 6) is 1.97. The van der Waals surface area contributed by atoms with Crippen molar-refractivity contribution in [3.8, 4) is 11.5 Å². The Morgan fingerprint density at radius 2 is 1.10 bits per heavy atom. The van der Waals surface area contributed by atoms with Crippen LogP contribution in [0.4, 0.5) is 0 Å². The predicted octanol–water partition coefficient (Wildman–Crippen LogP) is 5.70. The first-order valence-corrected chi connectivity index (χ1v) is 9.04. The van der Waals surface area contributed by atoms with Crippen LogP contribution >= 0.6 is 10.0 Å². The van der Waals surface area contributed by atoms with Crippen molar-refractivity contribution >= 4 is 10.0 Å². The van der Waals surface area contributed by atoms with Crippen molar-refractivity contribution in [2.45, 2.75) is 14.7 Å². The van der Waals surface area contributed by atoms with Gasteiger partial charge in [0.25, 0.3) is 0 Å². The van der Waals surface area contributed by atoms with Gasteiger partial charge < -0.3 is 4.74 Å². The Hall–Kier alpha value is -2.19. The van der Waals surface area contributed by atoms with Gasteiger partial charge >= 0.3 is 0 Å². The molecular formula is C19H16OS. The van der Waals surface area contributed by atoms with E-state index >= 15 is 0 Å². The molecule has 4 rings (SSSR count). The van der Waals surface area contributed by atoms with Crippen molar-refractivity contribution < 1.29 is 4.74 Å². The molecule has 2 heteroatoms. The average Bonchev–Trinajstić information content (AvgIpc) is 2.56. The lowest BCUT2D eigenvalue weighted by Gasteiger charge is -2.42. The second-order valence-corrected chi connectivity index (χ2v) is 8.42. The molecule has 0 radical (unpaired) electrons. The van der Waals surface area contributed by atoms with Crippen LogP contribution in [0.5, 0.6) is 11.5 Å². The minimum atomic E-state index is -1.26. The van der Waals surface area contributed by atoms with E-state index in [4.69, 9.17) is 4.74 Å². The van der Waals surface area contributed by atoms with Crippen LogP contribution < -0.4 is 4.74 Å². The van der Waals surface area contributed by atoms with Gasteiger partial charge in [0, 0.05) is 9.79 Å². The maximum Gasteiger partial charge on any atom is 0.140 e. The summed E-state index contributed by atoms with van der Waals surface area (Å²) >= 11 is 0. The summed E-state index contributed by atoms with van der Waals surface area (Å²) in [6.07, 6.45) is 2.36. The maximum atomic E-state index is 6.12. The van der Waals surface area contributed by atoms with Gasteiger partial charge in [-0.05, 0) is 47.5 Å². The van der Waals surface area contributed by atoms with Crippen molar-refractivity contribution in [2.75, 3.05) is 6.26 Å². The third kappa shape index (κ3) is 1.79. The van der Waals surface area contributed by atoms with Crippen molar-refractivity contribution in [3.05, 3.63) is 78.9 Å². The number of hydrogen-bond acceptors (Lipinski definition) is 1. The molecule has 0 unspecified atom stereocenters. The Morgan fingerprint density at radius 3 is 1.67 bits per heavy atom. The standard InChI is InChI=1S/C19H16OS/c1-21(15-9-3-2-4-10-15)18-13-7-5-11-16(18)20-17-12-6-8-14-19(17)21/h2-14H,1H3. The number of ether oxygens (including phenoxy) is 1. The van der Waals surface area contributed by atoms with E-state index in [2.05, 4.69) is 73.0 Å². The van der Waals surface area contributed by atoms with Gasteiger partial charge in [-0.25, -0.2) is 0 Å². The van der Waals surface area contributed by atoms with Gasteiger partial charge in [-0.1, -0.05) is 42.5 Å². The predicted molar refractivity (Wildman–Crippen MR) is 87.7 cm³/mol. The number of rotatable bonds is 1.